The van der Waals surface area contributed by atoms with E-state index < -0.39 is 64.4 Å². The van der Waals surface area contributed by atoms with Crippen LogP contribution in [0.4, 0.5) is 26.3 Å². The molecule has 0 spiro atoms. The first-order valence-corrected chi connectivity index (χ1v) is 15.1. The second-order valence-corrected chi connectivity index (χ2v) is 12.0. The lowest BCUT2D eigenvalue weighted by Gasteiger charge is -2.50. The molecule has 6 nitrogen and oxygen atoms in total. The number of carbonyl (C=O) groups is 2. The molecule has 0 aromatic heterocycles. The van der Waals surface area contributed by atoms with Crippen molar-refractivity contribution in [2.75, 3.05) is 19.6 Å². The second kappa shape index (κ2) is 14.8. The standard InChI is InChI=1S/C33H41F6N3O3/c1-4-12-42(13-5-2)30(45)31(10-7-11-41-20-22-8-6-9-24(14-22)33(37,38)39)17-21(3)18-32(28(31)43,29(40)44)19-23-15-25(34)27(36)26(35)16-23/h6,8-9,14-16,18,28,41,43H,4-5,7,10-13,17,19-20H2,1-3H3,(H2,40,44)/t28-,31?,32-/m1/s1. The number of carbonyl (C=O) groups excluding carboxylic acids is 2. The van der Waals surface area contributed by atoms with Gasteiger partial charge in [-0.25, -0.2) is 13.2 Å². The summed E-state index contributed by atoms with van der Waals surface area (Å²) in [5, 5.41) is 15.2. The smallest absolute Gasteiger partial charge is 0.391 e. The molecule has 1 aliphatic rings. The summed E-state index contributed by atoms with van der Waals surface area (Å²) in [7, 11) is 0. The van der Waals surface area contributed by atoms with Crippen LogP contribution in [0.3, 0.4) is 0 Å². The number of nitrogens with zero attached hydrogens (tertiary/aromatic N) is 1. The molecule has 1 aliphatic carbocycles. The van der Waals surface area contributed by atoms with Gasteiger partial charge in [-0.15, -0.1) is 0 Å². The average Bonchev–Trinajstić information content (AvgIpc) is 2.97. The van der Waals surface area contributed by atoms with E-state index in [0.717, 1.165) is 24.3 Å². The highest BCUT2D eigenvalue weighted by Crippen LogP contribution is 2.51. The van der Waals surface area contributed by atoms with Gasteiger partial charge in [0.15, 0.2) is 17.5 Å². The Balaban J connectivity index is 1.96. The number of alkyl halides is 3. The summed E-state index contributed by atoms with van der Waals surface area (Å²) in [4.78, 5) is 29.2. The Morgan fingerprint density at radius 2 is 1.67 bits per heavy atom. The van der Waals surface area contributed by atoms with Crippen molar-refractivity contribution in [2.45, 2.75) is 78.1 Å². The summed E-state index contributed by atoms with van der Waals surface area (Å²) in [6.07, 6.45) is -3.57. The molecular formula is C33H41F6N3O3. The number of primary amides is 1. The Labute approximate surface area is 259 Å². The number of hydrogen-bond acceptors (Lipinski definition) is 4. The van der Waals surface area contributed by atoms with Crippen molar-refractivity contribution in [1.29, 1.82) is 0 Å². The zero-order chi connectivity index (χ0) is 33.6. The van der Waals surface area contributed by atoms with E-state index in [0.29, 0.717) is 37.1 Å². The highest BCUT2D eigenvalue weighted by molar-refractivity contribution is 5.90. The summed E-state index contributed by atoms with van der Waals surface area (Å²) in [6.45, 7) is 6.62. The fraction of sp³-hybridized carbons (Fsp3) is 0.515. The van der Waals surface area contributed by atoms with E-state index >= 15 is 0 Å². The molecule has 4 N–H and O–H groups in total. The van der Waals surface area contributed by atoms with Crippen LogP contribution in [0.2, 0.25) is 0 Å². The quantitative estimate of drug-likeness (QED) is 0.101. The molecule has 248 valence electrons. The number of hydrogen-bond donors (Lipinski definition) is 3. The third kappa shape index (κ3) is 8.07. The van der Waals surface area contributed by atoms with E-state index in [1.165, 1.54) is 12.1 Å². The predicted octanol–water partition coefficient (Wildman–Crippen LogP) is 6.05. The van der Waals surface area contributed by atoms with Gasteiger partial charge in [0, 0.05) is 19.6 Å². The molecule has 2 aromatic rings. The van der Waals surface area contributed by atoms with Gasteiger partial charge in [-0.1, -0.05) is 43.7 Å². The fourth-order valence-electron chi connectivity index (χ4n) is 6.46. The molecule has 3 atom stereocenters. The summed E-state index contributed by atoms with van der Waals surface area (Å²) >= 11 is 0. The summed E-state index contributed by atoms with van der Waals surface area (Å²) in [5.74, 6) is -6.04. The number of rotatable bonds is 14. The van der Waals surface area contributed by atoms with E-state index in [9.17, 15) is 41.0 Å². The molecule has 2 aromatic carbocycles. The van der Waals surface area contributed by atoms with Gasteiger partial charge in [0.05, 0.1) is 22.5 Å². The molecule has 0 heterocycles. The molecule has 45 heavy (non-hydrogen) atoms. The Morgan fingerprint density at radius 1 is 1.04 bits per heavy atom. The molecule has 0 saturated heterocycles. The predicted molar refractivity (Wildman–Crippen MR) is 158 cm³/mol. The SMILES string of the molecule is CCCN(CCC)C(=O)C1(CCCNCc2cccc(C(F)(F)F)c2)CC(C)=C[C@](Cc2cc(F)c(F)c(F)c2)(C(N)=O)[C@@H]1O. The van der Waals surface area contributed by atoms with Crippen LogP contribution < -0.4 is 11.1 Å². The maximum atomic E-state index is 14.4. The van der Waals surface area contributed by atoms with Crippen molar-refractivity contribution in [1.82, 2.24) is 10.2 Å². The number of nitrogens with two attached hydrogens (primary N) is 1. The number of allylic oxidation sites excluding steroid dienone is 1. The molecule has 0 radical (unpaired) electrons. The van der Waals surface area contributed by atoms with Gasteiger partial charge in [-0.05, 0) is 81.3 Å². The van der Waals surface area contributed by atoms with Gasteiger partial charge >= 0.3 is 6.18 Å². The van der Waals surface area contributed by atoms with Crippen LogP contribution in [0, 0.1) is 28.3 Å². The molecule has 0 fully saturated rings. The van der Waals surface area contributed by atoms with Crippen LogP contribution in [0.15, 0.2) is 48.0 Å². The first-order valence-electron chi connectivity index (χ1n) is 15.1. The van der Waals surface area contributed by atoms with Crippen molar-refractivity contribution < 1.29 is 41.0 Å². The highest BCUT2D eigenvalue weighted by atomic mass is 19.4. The van der Waals surface area contributed by atoms with E-state index in [-0.39, 0.29) is 37.9 Å². The van der Waals surface area contributed by atoms with Crippen LogP contribution >= 0.6 is 0 Å². The van der Waals surface area contributed by atoms with Crippen LogP contribution in [-0.2, 0) is 28.7 Å². The topological polar surface area (TPSA) is 95.7 Å². The van der Waals surface area contributed by atoms with Crippen LogP contribution in [0.5, 0.6) is 0 Å². The molecule has 3 rings (SSSR count). The van der Waals surface area contributed by atoms with Crippen molar-refractivity contribution in [2.24, 2.45) is 16.6 Å². The lowest BCUT2D eigenvalue weighted by atomic mass is 9.57. The third-order valence-electron chi connectivity index (χ3n) is 8.37. The van der Waals surface area contributed by atoms with E-state index in [1.54, 1.807) is 17.9 Å². The minimum absolute atomic E-state index is 0.0683. The maximum absolute atomic E-state index is 14.4. The molecule has 2 amide bonds. The Kier molecular flexibility index (Phi) is 11.9. The molecule has 0 saturated carbocycles. The Morgan fingerprint density at radius 3 is 2.22 bits per heavy atom. The Bertz CT molecular complexity index is 1370. The molecule has 12 heteroatoms. The molecule has 0 bridgehead atoms. The zero-order valence-electron chi connectivity index (χ0n) is 25.7. The van der Waals surface area contributed by atoms with Gasteiger partial charge in [-0.2, -0.15) is 13.2 Å². The normalized spacial score (nSPS) is 21.8. The molecule has 1 unspecified atom stereocenters. The Hall–Kier alpha value is -3.38. The van der Waals surface area contributed by atoms with Crippen molar-refractivity contribution >= 4 is 11.8 Å². The number of aliphatic hydroxyl groups excluding tert-OH is 1. The molecule has 0 aliphatic heterocycles. The number of amides is 2. The van der Waals surface area contributed by atoms with Gasteiger partial charge in [0.25, 0.3) is 0 Å². The van der Waals surface area contributed by atoms with E-state index in [1.807, 2.05) is 13.8 Å². The lowest BCUT2D eigenvalue weighted by molar-refractivity contribution is -0.162. The van der Waals surface area contributed by atoms with Gasteiger partial charge in [0.1, 0.15) is 0 Å². The first kappa shape index (κ1) is 36.1. The number of benzene rings is 2. The first-order chi connectivity index (χ1) is 21.1. The zero-order valence-corrected chi connectivity index (χ0v) is 25.7. The fourth-order valence-corrected chi connectivity index (χ4v) is 6.46. The van der Waals surface area contributed by atoms with Gasteiger partial charge < -0.3 is 21.1 Å². The summed E-state index contributed by atoms with van der Waals surface area (Å²) in [6, 6.07) is 6.37. The van der Waals surface area contributed by atoms with Crippen molar-refractivity contribution in [3.63, 3.8) is 0 Å². The minimum Gasteiger partial charge on any atom is -0.391 e. The van der Waals surface area contributed by atoms with Gasteiger partial charge in [0.2, 0.25) is 11.8 Å². The average molecular weight is 642 g/mol. The van der Waals surface area contributed by atoms with Crippen LogP contribution in [0.1, 0.15) is 69.6 Å². The van der Waals surface area contributed by atoms with Crippen LogP contribution in [-0.4, -0.2) is 47.6 Å². The van der Waals surface area contributed by atoms with Gasteiger partial charge in [-0.3, -0.25) is 9.59 Å². The number of aliphatic hydroxyl groups is 1. The minimum atomic E-state index is -4.48. The van der Waals surface area contributed by atoms with Crippen molar-refractivity contribution in [3.8, 4) is 0 Å². The second-order valence-electron chi connectivity index (χ2n) is 12.0. The summed E-state index contributed by atoms with van der Waals surface area (Å²) in [5.41, 5.74) is 2.44. The lowest BCUT2D eigenvalue weighted by Crippen LogP contribution is -2.62. The highest BCUT2D eigenvalue weighted by Gasteiger charge is 2.59. The number of halogens is 6. The van der Waals surface area contributed by atoms with E-state index in [4.69, 9.17) is 5.73 Å². The van der Waals surface area contributed by atoms with Crippen molar-refractivity contribution in [3.05, 3.63) is 82.2 Å². The summed E-state index contributed by atoms with van der Waals surface area (Å²) < 4.78 is 81.4. The maximum Gasteiger partial charge on any atom is 0.416 e. The molecular weight excluding hydrogens is 600 g/mol. The third-order valence-corrected chi connectivity index (χ3v) is 8.37. The largest absolute Gasteiger partial charge is 0.416 e. The van der Waals surface area contributed by atoms with Crippen LogP contribution in [0.25, 0.3) is 0 Å². The van der Waals surface area contributed by atoms with E-state index in [2.05, 4.69) is 5.32 Å². The monoisotopic (exact) mass is 641 g/mol. The number of nitrogens with one attached hydrogen (secondary N) is 1.